The van der Waals surface area contributed by atoms with Crippen LogP contribution in [0.4, 0.5) is 17.7 Å². The lowest BCUT2D eigenvalue weighted by atomic mass is 9.94. The zero-order chi connectivity index (χ0) is 103. The fourth-order valence-corrected chi connectivity index (χ4v) is 25.0. The lowest BCUT2D eigenvalue weighted by Crippen LogP contribution is -2.51. The van der Waals surface area contributed by atoms with Gasteiger partial charge >= 0.3 is 17.1 Å². The van der Waals surface area contributed by atoms with Crippen molar-refractivity contribution in [1.29, 1.82) is 0 Å². The third kappa shape index (κ3) is 22.0. The number of hydrogen-bond acceptors (Lipinski definition) is 55. The van der Waals surface area contributed by atoms with E-state index in [2.05, 4.69) is 60.1 Å². The first-order chi connectivity index (χ1) is 67.6. The predicted octanol–water partition coefficient (Wildman–Crippen LogP) is -5.78. The molecule has 8 fully saturated rings. The predicted molar refractivity (Wildman–Crippen MR) is 483 cm³/mol. The molecule has 0 amide bonds. The number of imidazole rings is 3. The van der Waals surface area contributed by atoms with E-state index in [0.717, 1.165) is 55.0 Å². The number of nitrogen functional groups attached to an aromatic ring is 2. The Morgan fingerprint density at radius 1 is 0.503 bits per heavy atom. The van der Waals surface area contributed by atoms with Crippen LogP contribution in [0.5, 0.6) is 0 Å². The molecular formula is C71H91N21O41P6S4-6. The van der Waals surface area contributed by atoms with E-state index in [-0.39, 0.29) is 71.0 Å². The number of phosphoric ester groups is 2. The minimum atomic E-state index is -6.28. The number of anilines is 3. The highest BCUT2D eigenvalue weighted by molar-refractivity contribution is 8.32. The second-order valence-electron chi connectivity index (χ2n) is 33.6. The van der Waals surface area contributed by atoms with Crippen molar-refractivity contribution in [2.45, 2.75) is 200 Å². The molecule has 62 nitrogen and oxygen atoms in total. The summed E-state index contributed by atoms with van der Waals surface area (Å²) in [6.45, 7) is -20.4. The number of aryl methyl sites for hydroxylation is 3. The first-order valence-electron chi connectivity index (χ1n) is 42.9. The average molecular weight is 2210 g/mol. The van der Waals surface area contributed by atoms with Crippen molar-refractivity contribution >= 4 is 137 Å². The Bertz CT molecular complexity index is 7010. The first-order valence-corrected chi connectivity index (χ1v) is 56.1. The Balaban J connectivity index is 0.648. The largest absolute Gasteiger partial charge is 0.780 e. The maximum Gasteiger partial charge on any atom is 0.330 e. The van der Waals surface area contributed by atoms with Gasteiger partial charge in [0.25, 0.3) is 43.4 Å². The molecule has 9 aliphatic heterocycles. The molecular weight excluding hydrogens is 2120 g/mol. The summed E-state index contributed by atoms with van der Waals surface area (Å²) >= 11 is 21.6. The summed E-state index contributed by atoms with van der Waals surface area (Å²) in [6.07, 6.45) is -30.0. The highest BCUT2D eigenvalue weighted by atomic mass is 32.7. The van der Waals surface area contributed by atoms with E-state index < -0.39 is 304 Å². The Morgan fingerprint density at radius 3 is 1.47 bits per heavy atom. The van der Waals surface area contributed by atoms with Crippen LogP contribution in [-0.2, 0) is 172 Å². The number of fused-ring (bicyclic) bond motifs is 7. The molecule has 9 aliphatic rings. The highest BCUT2D eigenvalue weighted by Gasteiger charge is 2.70. The van der Waals surface area contributed by atoms with Crippen LogP contribution < -0.4 is 91.9 Å². The Labute approximate surface area is 821 Å². The van der Waals surface area contributed by atoms with Crippen LogP contribution in [0.25, 0.3) is 22.3 Å². The number of aromatic amines is 5. The molecule has 0 aromatic carbocycles. The van der Waals surface area contributed by atoms with Crippen LogP contribution in [0.2, 0.25) is 0 Å². The lowest BCUT2D eigenvalue weighted by molar-refractivity contribution is -0.251. The quantitative estimate of drug-likeness (QED) is 0.00967. The fraction of sp³-hybridized carbons (Fsp3) is 0.634. The van der Waals surface area contributed by atoms with Crippen LogP contribution in [0.3, 0.4) is 0 Å². The van der Waals surface area contributed by atoms with E-state index in [1.54, 1.807) is 0 Å². The van der Waals surface area contributed by atoms with Crippen molar-refractivity contribution in [1.82, 2.24) is 77.2 Å². The van der Waals surface area contributed by atoms with Crippen molar-refractivity contribution in [3.63, 3.8) is 0 Å². The second-order valence-corrected chi connectivity index (χ2v) is 47.3. The summed E-state index contributed by atoms with van der Waals surface area (Å²) < 4.78 is 196. The van der Waals surface area contributed by atoms with Crippen LogP contribution >= 0.6 is 42.6 Å². The molecule has 143 heavy (non-hydrogen) atoms. The highest BCUT2D eigenvalue weighted by Crippen LogP contribution is 2.62. The third-order valence-electron chi connectivity index (χ3n) is 24.6. The van der Waals surface area contributed by atoms with Gasteiger partial charge in [-0.3, -0.25) is 95.0 Å². The molecule has 17 rings (SSSR count). The minimum absolute atomic E-state index is 0.00182. The van der Waals surface area contributed by atoms with Gasteiger partial charge in [0.05, 0.1) is 116 Å². The average Bonchev–Trinajstić information content (AvgIpc) is 1.54. The summed E-state index contributed by atoms with van der Waals surface area (Å²) in [4.78, 5) is 215. The van der Waals surface area contributed by atoms with Crippen LogP contribution in [0.1, 0.15) is 92.6 Å². The van der Waals surface area contributed by atoms with E-state index in [4.69, 9.17) is 176 Å². The minimum Gasteiger partial charge on any atom is -0.780 e. The van der Waals surface area contributed by atoms with E-state index >= 15 is 28.4 Å². The van der Waals surface area contributed by atoms with E-state index in [1.807, 2.05) is 0 Å². The molecule has 13 N–H and O–H groups in total. The Morgan fingerprint density at radius 2 is 0.951 bits per heavy atom. The van der Waals surface area contributed by atoms with E-state index in [1.165, 1.54) is 72.3 Å². The third-order valence-corrected chi connectivity index (χ3v) is 32.8. The summed E-state index contributed by atoms with van der Waals surface area (Å²) in [7, 11) is -8.81. The van der Waals surface area contributed by atoms with Gasteiger partial charge in [-0.05, 0) is 34.6 Å². The number of aliphatic hydroxyl groups is 1. The second kappa shape index (κ2) is 41.9. The normalized spacial score (nSPS) is 32.9. The number of aliphatic hydroxyl groups excluding tert-OH is 1. The number of phosphoric acid groups is 2. The number of aromatic nitrogens is 16. The number of nitrogens with two attached hydrogens (primary N) is 3. The van der Waals surface area contributed by atoms with Crippen molar-refractivity contribution in [3.05, 3.63) is 143 Å². The molecule has 17 heterocycles. The van der Waals surface area contributed by atoms with Crippen LogP contribution in [0.15, 0.2) is 80.9 Å². The Kier molecular flexibility index (Phi) is 31.4. The van der Waals surface area contributed by atoms with Crippen LogP contribution in [-0.4, -0.2) is 285 Å². The zero-order valence-electron chi connectivity index (χ0n) is 75.5. The van der Waals surface area contributed by atoms with Gasteiger partial charge in [0.2, 0.25) is 11.9 Å². The number of aliphatic imine (C=N–C) groups is 1. The maximum absolute atomic E-state index is 15.4. The molecule has 0 radical (unpaired) electrons. The fourth-order valence-electron chi connectivity index (χ4n) is 17.7. The van der Waals surface area contributed by atoms with Crippen molar-refractivity contribution in [3.8, 4) is 0 Å². The maximum atomic E-state index is 15.4. The molecule has 8 saturated heterocycles. The summed E-state index contributed by atoms with van der Waals surface area (Å²) in [5.41, 5.74) is 5.16. The molecule has 4 bridgehead atoms. The van der Waals surface area contributed by atoms with Gasteiger partial charge in [0.15, 0.2) is 54.0 Å². The number of H-pyrrole nitrogens is 5. The molecule has 72 heteroatoms. The number of nitrogens with zero attached hydrogens (tertiary/aromatic N) is 12. The monoisotopic (exact) mass is 2210 g/mol. The molecule has 786 valence electrons. The molecule has 8 aromatic rings. The zero-order valence-corrected chi connectivity index (χ0v) is 84.1. The topological polar surface area (TPSA) is 820 Å². The van der Waals surface area contributed by atoms with Gasteiger partial charge < -0.3 is 175 Å². The number of methoxy groups -OCH3 is 2. The molecule has 0 spiro atoms. The number of ether oxygens (including phenoxy) is 12. The Hall–Kier alpha value is -7.23. The van der Waals surface area contributed by atoms with Gasteiger partial charge in [0.1, 0.15) is 135 Å². The van der Waals surface area contributed by atoms with Gasteiger partial charge in [-0.1, -0.05) is 35.4 Å². The number of nitrogens with one attached hydrogen (secondary N) is 6. The molecule has 31 atom stereocenters. The standard InChI is InChI=1S/C71H97N21O41P6S4/c1-28-15-87(67(99)84-56(28)94)39-13-33(128-136(106,140)112-8)36(122-39)19-116-137(107,141)129-34-14-40(88-16-29(2)57(95)85-68(88)100)123-37(34)20-117-138(108,142)133-51-49-64(92-27-79-43-55(92)81-66(74)83-60(43)98)126-70(51,31(4)121-49)22-118-135(104,105)130-45-38(125-61(47(45)114-12-10-111-7)89-17-30(3)58(96)86-69(89)101)21-115-134(102,103)132-50-48-63(91-26-78-42-54(91)80-65(73)82-59(42)97)127-71(50,32(5)120-48)23-119-139(109,143)131-44-35(18-93)124-62(46(44)113-11-9-110-6)90-25-77-41-52(72)75-24-76-53(41)90/h15-17,24-27,31-40,44-52,61-64,93H,9-14,18-23,72H2,1-8H3,(H,75,76)(H,102,103)(H,104,105)(H,106,140)(H,107,141)(H,108,142)(H,109,143)(H,84,94,99)(H,85,95,100)(H,86,96,101)(H3,73,80,82,97)(H3,74,81,83,98)/p-6/t31-,32-,33+,34+,35+,36+,37+,38+,39+,40+,44-,45-,46?,47?,48?,49?,50+,51+,52?,61+,62+,63+,64+,70-,71-,136?,137?,138?,139?/m0/s1. The lowest BCUT2D eigenvalue weighted by Gasteiger charge is -2.40. The van der Waals surface area contributed by atoms with Gasteiger partial charge in [-0.15, -0.1) is 0 Å². The van der Waals surface area contributed by atoms with Crippen molar-refractivity contribution in [2.75, 3.05) is 104 Å². The SMILES string of the molecule is COCCOC1[C@@H](OP([O-])(=S)OC[C@]23O[C@@H](n4cnc5c(=O)[nH]c(N)nc54)C(O[C@H]2C)[C@H]3OP(=O)([O-])OC[C@H]2O[C@@H](n3cc(C)c(=O)[nH]c3=O)C(OCCOC)[C@H]2OP(=O)([O-])OC[C@]23O[C@@H](n4cnc5c(=O)[nH]c(N)nc54)C(O[C@H]2C)[C@H]3OP(=O)([S-])OC[C@H]2O[C@@H](n3cc(C)c(=O)[nH]c3=O)C[C@H]2OP([O-])(=S)OC[C@H]2O[C@@H](n3cc(C)c(=O)[nH]c3=O)C[C@H]2OP([O-])(=S)OC)[C@@H](CO)O[C@H]1n1cnc2c1NC=NC2N. The molecule has 8 aromatic heterocycles. The number of hydrogen-bond donors (Lipinski definition) is 10. The molecule has 11 unspecified atom stereocenters. The number of rotatable bonds is 43. The van der Waals surface area contributed by atoms with E-state index in [9.17, 15) is 53.2 Å². The van der Waals surface area contributed by atoms with Crippen molar-refractivity contribution in [2.24, 2.45) is 10.7 Å². The van der Waals surface area contributed by atoms with E-state index in [0.29, 0.717) is 5.82 Å². The smallest absolute Gasteiger partial charge is 0.330 e. The summed E-state index contributed by atoms with van der Waals surface area (Å²) in [5, 5.41) is 13.8. The van der Waals surface area contributed by atoms with Gasteiger partial charge in [-0.2, -0.15) is 9.97 Å². The van der Waals surface area contributed by atoms with Gasteiger partial charge in [-0.25, -0.2) is 29.3 Å². The summed E-state index contributed by atoms with van der Waals surface area (Å²) in [6, 6.07) is 0. The molecule has 0 aliphatic carbocycles. The van der Waals surface area contributed by atoms with Crippen LogP contribution in [0, 0.1) is 20.8 Å². The van der Waals surface area contributed by atoms with Gasteiger partial charge in [0, 0.05) is 69.5 Å². The summed E-state index contributed by atoms with van der Waals surface area (Å²) in [5.74, 6) is -0.567. The van der Waals surface area contributed by atoms with Crippen molar-refractivity contribution < 1.29 is 154 Å². The molecule has 0 saturated carbocycles. The first kappa shape index (κ1) is 107.